The van der Waals surface area contributed by atoms with Gasteiger partial charge in [0.25, 0.3) is 0 Å². The van der Waals surface area contributed by atoms with Crippen LogP contribution < -0.4 is 5.32 Å². The second-order valence-corrected chi connectivity index (χ2v) is 6.42. The average molecular weight is 318 g/mol. The van der Waals surface area contributed by atoms with Crippen molar-refractivity contribution in [3.05, 3.63) is 29.1 Å². The molecule has 2 N–H and O–H groups in total. The predicted molar refractivity (Wildman–Crippen MR) is 83.2 cm³/mol. The lowest BCUT2D eigenvalue weighted by Crippen LogP contribution is -2.25. The maximum absolute atomic E-state index is 12.2. The smallest absolute Gasteiger partial charge is 0.345 e. The molecule has 22 heavy (non-hydrogen) atoms. The van der Waals surface area contributed by atoms with E-state index in [9.17, 15) is 14.4 Å². The standard InChI is InChI=1S/C15H14N2O4S/c1-17-7-9(6-13(17)18)14(19)16-10-2-3-11-8(4-10)5-12(22-11)15(20)21/h2-5,9H,6-7H2,1H3,(H,16,19)(H,20,21). The van der Waals surface area contributed by atoms with E-state index in [1.807, 2.05) is 0 Å². The number of fused-ring (bicyclic) bond motifs is 1. The van der Waals surface area contributed by atoms with Crippen LogP contribution in [-0.2, 0) is 9.59 Å². The molecule has 1 aliphatic rings. The molecule has 3 rings (SSSR count). The molecule has 0 radical (unpaired) electrons. The predicted octanol–water partition coefficient (Wildman–Crippen LogP) is 2.02. The van der Waals surface area contributed by atoms with Crippen molar-refractivity contribution in [1.29, 1.82) is 0 Å². The van der Waals surface area contributed by atoms with E-state index in [1.54, 1.807) is 36.2 Å². The van der Waals surface area contributed by atoms with Crippen molar-refractivity contribution in [2.75, 3.05) is 18.9 Å². The molecule has 0 saturated carbocycles. The minimum atomic E-state index is -0.959. The Morgan fingerprint density at radius 2 is 2.14 bits per heavy atom. The van der Waals surface area contributed by atoms with Gasteiger partial charge in [-0.3, -0.25) is 9.59 Å². The number of nitrogens with one attached hydrogen (secondary N) is 1. The van der Waals surface area contributed by atoms with Crippen LogP contribution in [0.3, 0.4) is 0 Å². The third-order valence-corrected chi connectivity index (χ3v) is 4.81. The van der Waals surface area contributed by atoms with Gasteiger partial charge in [0, 0.05) is 30.4 Å². The minimum absolute atomic E-state index is 0.0282. The summed E-state index contributed by atoms with van der Waals surface area (Å²) in [7, 11) is 1.68. The molecule has 0 bridgehead atoms. The van der Waals surface area contributed by atoms with Gasteiger partial charge in [-0.1, -0.05) is 0 Å². The molecule has 2 amide bonds. The molecule has 0 aliphatic carbocycles. The summed E-state index contributed by atoms with van der Waals surface area (Å²) < 4.78 is 0.853. The fourth-order valence-corrected chi connectivity index (χ4v) is 3.39. The Balaban J connectivity index is 1.77. The number of nitrogens with zero attached hydrogens (tertiary/aromatic N) is 1. The SMILES string of the molecule is CN1CC(C(=O)Nc2ccc3sc(C(=O)O)cc3c2)CC1=O. The fraction of sp³-hybridized carbons (Fsp3) is 0.267. The highest BCUT2D eigenvalue weighted by atomic mass is 32.1. The summed E-state index contributed by atoms with van der Waals surface area (Å²) in [5, 5.41) is 12.6. The molecular formula is C15H14N2O4S. The van der Waals surface area contributed by atoms with E-state index in [2.05, 4.69) is 5.32 Å². The van der Waals surface area contributed by atoms with Crippen LogP contribution in [-0.4, -0.2) is 41.4 Å². The van der Waals surface area contributed by atoms with Gasteiger partial charge in [0.05, 0.1) is 5.92 Å². The number of rotatable bonds is 3. The van der Waals surface area contributed by atoms with Gasteiger partial charge in [0.1, 0.15) is 4.88 Å². The monoisotopic (exact) mass is 318 g/mol. The van der Waals surface area contributed by atoms with E-state index < -0.39 is 5.97 Å². The van der Waals surface area contributed by atoms with Crippen LogP contribution in [0.1, 0.15) is 16.1 Å². The summed E-state index contributed by atoms with van der Waals surface area (Å²) in [5.41, 5.74) is 0.606. The maximum Gasteiger partial charge on any atom is 0.345 e. The van der Waals surface area contributed by atoms with Crippen LogP contribution in [0.15, 0.2) is 24.3 Å². The van der Waals surface area contributed by atoms with Gasteiger partial charge >= 0.3 is 5.97 Å². The van der Waals surface area contributed by atoms with Crippen LogP contribution in [0.2, 0.25) is 0 Å². The van der Waals surface area contributed by atoms with Gasteiger partial charge in [0.15, 0.2) is 0 Å². The number of amides is 2. The maximum atomic E-state index is 12.2. The van der Waals surface area contributed by atoms with Crippen LogP contribution in [0.5, 0.6) is 0 Å². The lowest BCUT2D eigenvalue weighted by molar-refractivity contribution is -0.127. The second kappa shape index (κ2) is 5.42. The molecule has 1 aromatic carbocycles. The van der Waals surface area contributed by atoms with Crippen molar-refractivity contribution in [1.82, 2.24) is 4.90 Å². The van der Waals surface area contributed by atoms with Crippen molar-refractivity contribution in [3.63, 3.8) is 0 Å². The van der Waals surface area contributed by atoms with Crippen LogP contribution in [0, 0.1) is 5.92 Å². The minimum Gasteiger partial charge on any atom is -0.477 e. The first-order valence-electron chi connectivity index (χ1n) is 6.76. The largest absolute Gasteiger partial charge is 0.477 e. The van der Waals surface area contributed by atoms with Crippen LogP contribution in [0.4, 0.5) is 5.69 Å². The molecule has 1 fully saturated rings. The molecule has 0 spiro atoms. The van der Waals surface area contributed by atoms with E-state index in [0.717, 1.165) is 10.1 Å². The first-order chi connectivity index (χ1) is 10.4. The number of hydrogen-bond acceptors (Lipinski definition) is 4. The summed E-state index contributed by atoms with van der Waals surface area (Å²) in [6.45, 7) is 0.425. The average Bonchev–Trinajstić information content (AvgIpc) is 3.03. The Labute approximate surface area is 130 Å². The van der Waals surface area contributed by atoms with E-state index in [-0.39, 0.29) is 29.0 Å². The Bertz CT molecular complexity index is 783. The molecule has 1 aromatic heterocycles. The summed E-state index contributed by atoms with van der Waals surface area (Å²) in [4.78, 5) is 36.4. The summed E-state index contributed by atoms with van der Waals surface area (Å²) >= 11 is 1.20. The third kappa shape index (κ3) is 2.67. The van der Waals surface area contributed by atoms with E-state index in [4.69, 9.17) is 5.11 Å². The lowest BCUT2D eigenvalue weighted by Gasteiger charge is -2.11. The summed E-state index contributed by atoms with van der Waals surface area (Å²) in [5.74, 6) is -1.52. The van der Waals surface area contributed by atoms with Gasteiger partial charge in [-0.2, -0.15) is 0 Å². The Hall–Kier alpha value is -2.41. The molecule has 2 heterocycles. The Morgan fingerprint density at radius 1 is 1.36 bits per heavy atom. The Morgan fingerprint density at radius 3 is 2.77 bits per heavy atom. The molecule has 1 unspecified atom stereocenters. The number of aromatic carboxylic acids is 1. The first kappa shape index (κ1) is 14.5. The van der Waals surface area contributed by atoms with E-state index in [1.165, 1.54) is 11.3 Å². The van der Waals surface area contributed by atoms with Crippen molar-refractivity contribution in [3.8, 4) is 0 Å². The number of benzene rings is 1. The number of carboxylic acid groups (broad SMARTS) is 1. The number of anilines is 1. The molecule has 114 valence electrons. The van der Waals surface area contributed by atoms with Crippen molar-refractivity contribution >= 4 is 44.9 Å². The summed E-state index contributed by atoms with van der Waals surface area (Å²) in [6.07, 6.45) is 0.228. The highest BCUT2D eigenvalue weighted by molar-refractivity contribution is 7.20. The topological polar surface area (TPSA) is 86.7 Å². The number of carboxylic acids is 1. The van der Waals surface area contributed by atoms with Crippen LogP contribution in [0.25, 0.3) is 10.1 Å². The number of carbonyl (C=O) groups is 3. The lowest BCUT2D eigenvalue weighted by atomic mass is 10.1. The highest BCUT2D eigenvalue weighted by Gasteiger charge is 2.32. The van der Waals surface area contributed by atoms with Crippen molar-refractivity contribution in [2.24, 2.45) is 5.92 Å². The third-order valence-electron chi connectivity index (χ3n) is 3.71. The van der Waals surface area contributed by atoms with Gasteiger partial charge in [-0.05, 0) is 29.7 Å². The number of thiophene rings is 1. The first-order valence-corrected chi connectivity index (χ1v) is 7.57. The van der Waals surface area contributed by atoms with Crippen LogP contribution >= 0.6 is 11.3 Å². The van der Waals surface area contributed by atoms with Gasteiger partial charge < -0.3 is 15.3 Å². The molecule has 7 heteroatoms. The van der Waals surface area contributed by atoms with E-state index >= 15 is 0 Å². The fourth-order valence-electron chi connectivity index (χ4n) is 2.51. The molecule has 2 aromatic rings. The molecule has 1 aliphatic heterocycles. The zero-order valence-electron chi connectivity index (χ0n) is 11.8. The van der Waals surface area contributed by atoms with Crippen molar-refractivity contribution in [2.45, 2.75) is 6.42 Å². The molecule has 1 atom stereocenters. The quantitative estimate of drug-likeness (QED) is 0.906. The molecular weight excluding hydrogens is 304 g/mol. The zero-order valence-corrected chi connectivity index (χ0v) is 12.6. The Kier molecular flexibility index (Phi) is 3.58. The van der Waals surface area contributed by atoms with Gasteiger partial charge in [0.2, 0.25) is 11.8 Å². The highest BCUT2D eigenvalue weighted by Crippen LogP contribution is 2.28. The van der Waals surface area contributed by atoms with Gasteiger partial charge in [-0.25, -0.2) is 4.79 Å². The normalized spacial score (nSPS) is 18.0. The second-order valence-electron chi connectivity index (χ2n) is 5.33. The van der Waals surface area contributed by atoms with Crippen molar-refractivity contribution < 1.29 is 19.5 Å². The van der Waals surface area contributed by atoms with Gasteiger partial charge in [-0.15, -0.1) is 11.3 Å². The number of hydrogen-bond donors (Lipinski definition) is 2. The number of likely N-dealkylation sites (tertiary alicyclic amines) is 1. The summed E-state index contributed by atoms with van der Waals surface area (Å²) in [6, 6.07) is 6.86. The molecule has 6 nitrogen and oxygen atoms in total. The van der Waals surface area contributed by atoms with E-state index in [0.29, 0.717) is 12.2 Å². The molecule has 1 saturated heterocycles. The number of carbonyl (C=O) groups excluding carboxylic acids is 2. The zero-order chi connectivity index (χ0) is 15.9.